The Balaban J connectivity index is 1.87. The van der Waals surface area contributed by atoms with Crippen LogP contribution in [0, 0.1) is 17.5 Å². The van der Waals surface area contributed by atoms with Gasteiger partial charge in [0.25, 0.3) is 0 Å². The standard InChI is InChI=1S/C24H34FN3OS/c1-17-7-8-19(15-26-17)22(3,4)28-14-13-24(16-28,23(5,6)27-18(2)29)12-11-20-9-10-21(25)30-20/h7-10,15H,11-14,16H2,1-6H3,(H,27,29)/t24-/m0/s1. The Hall–Kier alpha value is -1.79. The molecule has 0 radical (unpaired) electrons. The number of likely N-dealkylation sites (tertiary alicyclic amines) is 1. The van der Waals surface area contributed by atoms with E-state index in [1.165, 1.54) is 16.9 Å². The summed E-state index contributed by atoms with van der Waals surface area (Å²) in [7, 11) is 0. The normalized spacial score (nSPS) is 20.5. The van der Waals surface area contributed by atoms with Crippen LogP contribution in [0.25, 0.3) is 0 Å². The van der Waals surface area contributed by atoms with Crippen molar-refractivity contribution in [3.05, 3.63) is 51.7 Å². The number of hydrogen-bond acceptors (Lipinski definition) is 4. The van der Waals surface area contributed by atoms with Gasteiger partial charge in [0.05, 0.1) is 0 Å². The third-order valence-electron chi connectivity index (χ3n) is 7.06. The fourth-order valence-corrected chi connectivity index (χ4v) is 5.54. The zero-order valence-corrected chi connectivity index (χ0v) is 19.8. The van der Waals surface area contributed by atoms with Crippen LogP contribution in [0.5, 0.6) is 0 Å². The number of nitrogens with one attached hydrogen (secondary N) is 1. The van der Waals surface area contributed by atoms with Gasteiger partial charge in [-0.2, -0.15) is 4.39 Å². The maximum absolute atomic E-state index is 13.5. The van der Waals surface area contributed by atoms with Crippen LogP contribution in [0.15, 0.2) is 30.5 Å². The minimum atomic E-state index is -0.370. The lowest BCUT2D eigenvalue weighted by atomic mass is 9.67. The Labute approximate surface area is 183 Å². The average molecular weight is 432 g/mol. The molecule has 4 nitrogen and oxygen atoms in total. The van der Waals surface area contributed by atoms with Crippen molar-refractivity contribution in [2.45, 2.75) is 71.9 Å². The van der Waals surface area contributed by atoms with Crippen molar-refractivity contribution in [3.63, 3.8) is 0 Å². The summed E-state index contributed by atoms with van der Waals surface area (Å²) in [5.74, 6) is -0.0120. The van der Waals surface area contributed by atoms with Crippen molar-refractivity contribution in [2.24, 2.45) is 5.41 Å². The minimum absolute atomic E-state index is 0.0120. The number of thiophene rings is 1. The summed E-state index contributed by atoms with van der Waals surface area (Å²) in [6.45, 7) is 14.2. The predicted molar refractivity (Wildman–Crippen MR) is 121 cm³/mol. The molecule has 3 rings (SSSR count). The molecule has 0 unspecified atom stereocenters. The lowest BCUT2D eigenvalue weighted by Gasteiger charge is -2.46. The Bertz CT molecular complexity index is 890. The van der Waals surface area contributed by atoms with Crippen molar-refractivity contribution in [2.75, 3.05) is 13.1 Å². The molecule has 3 heterocycles. The fraction of sp³-hybridized carbons (Fsp3) is 0.583. The van der Waals surface area contributed by atoms with Crippen molar-refractivity contribution >= 4 is 17.2 Å². The topological polar surface area (TPSA) is 45.2 Å². The molecule has 2 aromatic heterocycles. The molecule has 2 aromatic rings. The number of halogens is 1. The summed E-state index contributed by atoms with van der Waals surface area (Å²) >= 11 is 1.22. The summed E-state index contributed by atoms with van der Waals surface area (Å²) in [6.07, 6.45) is 4.68. The summed E-state index contributed by atoms with van der Waals surface area (Å²) in [5.41, 5.74) is 1.57. The van der Waals surface area contributed by atoms with Gasteiger partial charge >= 0.3 is 0 Å². The highest BCUT2D eigenvalue weighted by Crippen LogP contribution is 2.48. The second-order valence-corrected chi connectivity index (χ2v) is 10.8. The zero-order chi connectivity index (χ0) is 22.2. The molecule has 0 saturated carbocycles. The SMILES string of the molecule is CC(=O)NC(C)(C)[C@@]1(CCc2ccc(F)s2)CCN(C(C)(C)c2ccc(C)nc2)C1. The highest BCUT2D eigenvalue weighted by molar-refractivity contribution is 7.10. The second-order valence-electron chi connectivity index (χ2n) is 9.71. The molecule has 1 fully saturated rings. The van der Waals surface area contributed by atoms with E-state index in [1.807, 2.05) is 19.2 Å². The van der Waals surface area contributed by atoms with Crippen molar-refractivity contribution in [1.29, 1.82) is 0 Å². The third-order valence-corrected chi connectivity index (χ3v) is 7.99. The maximum atomic E-state index is 13.5. The van der Waals surface area contributed by atoms with Gasteiger partial charge in [0.2, 0.25) is 5.91 Å². The zero-order valence-electron chi connectivity index (χ0n) is 19.0. The van der Waals surface area contributed by atoms with Gasteiger partial charge in [-0.25, -0.2) is 0 Å². The third kappa shape index (κ3) is 4.59. The second kappa shape index (κ2) is 8.39. The van der Waals surface area contributed by atoms with Gasteiger partial charge in [-0.15, -0.1) is 11.3 Å². The first kappa shape index (κ1) is 22.9. The molecule has 1 saturated heterocycles. The molecule has 1 N–H and O–H groups in total. The van der Waals surface area contributed by atoms with E-state index in [2.05, 4.69) is 55.0 Å². The molecule has 0 bridgehead atoms. The molecular weight excluding hydrogens is 397 g/mol. The summed E-state index contributed by atoms with van der Waals surface area (Å²) < 4.78 is 13.5. The maximum Gasteiger partial charge on any atom is 0.217 e. The molecular formula is C24H34FN3OS. The van der Waals surface area contributed by atoms with Gasteiger partial charge < -0.3 is 5.32 Å². The van der Waals surface area contributed by atoms with Crippen LogP contribution in [0.3, 0.4) is 0 Å². The van der Waals surface area contributed by atoms with E-state index in [9.17, 15) is 9.18 Å². The van der Waals surface area contributed by atoms with Crippen LogP contribution in [-0.2, 0) is 16.8 Å². The lowest BCUT2D eigenvalue weighted by Crippen LogP contribution is -2.57. The van der Waals surface area contributed by atoms with E-state index in [-0.39, 0.29) is 27.5 Å². The number of pyridine rings is 1. The number of aromatic nitrogens is 1. The number of carbonyl (C=O) groups excluding carboxylic acids is 1. The largest absolute Gasteiger partial charge is 0.351 e. The molecule has 1 amide bonds. The van der Waals surface area contributed by atoms with E-state index >= 15 is 0 Å². The van der Waals surface area contributed by atoms with Gasteiger partial charge in [0, 0.05) is 46.7 Å². The molecule has 0 aliphatic carbocycles. The van der Waals surface area contributed by atoms with Gasteiger partial charge in [0.1, 0.15) is 0 Å². The Kier molecular flexibility index (Phi) is 6.40. The van der Waals surface area contributed by atoms with Crippen molar-refractivity contribution in [3.8, 4) is 0 Å². The Morgan fingerprint density at radius 3 is 2.57 bits per heavy atom. The number of hydrogen-bond donors (Lipinski definition) is 1. The van der Waals surface area contributed by atoms with Gasteiger partial charge in [0.15, 0.2) is 5.13 Å². The highest BCUT2D eigenvalue weighted by atomic mass is 32.1. The van der Waals surface area contributed by atoms with Gasteiger partial charge in [-0.1, -0.05) is 6.07 Å². The molecule has 1 aliphatic heterocycles. The van der Waals surface area contributed by atoms with Crippen LogP contribution >= 0.6 is 11.3 Å². The number of aryl methyl sites for hydroxylation is 2. The quantitative estimate of drug-likeness (QED) is 0.666. The molecule has 30 heavy (non-hydrogen) atoms. The number of carbonyl (C=O) groups is 1. The summed E-state index contributed by atoms with van der Waals surface area (Å²) in [6, 6.07) is 7.65. The molecule has 164 valence electrons. The fourth-order valence-electron chi connectivity index (χ4n) is 4.81. The van der Waals surface area contributed by atoms with E-state index in [4.69, 9.17) is 0 Å². The molecule has 0 aromatic carbocycles. The number of rotatable bonds is 7. The molecule has 0 spiro atoms. The lowest BCUT2D eigenvalue weighted by molar-refractivity contribution is -0.122. The highest BCUT2D eigenvalue weighted by Gasteiger charge is 2.52. The smallest absolute Gasteiger partial charge is 0.217 e. The van der Waals surface area contributed by atoms with Crippen LogP contribution < -0.4 is 5.32 Å². The van der Waals surface area contributed by atoms with Crippen LogP contribution in [-0.4, -0.2) is 34.4 Å². The molecule has 1 atom stereocenters. The summed E-state index contributed by atoms with van der Waals surface area (Å²) in [5, 5.41) is 3.08. The Morgan fingerprint density at radius 2 is 2.00 bits per heavy atom. The van der Waals surface area contributed by atoms with E-state index in [0.29, 0.717) is 0 Å². The number of amides is 1. The first-order valence-corrected chi connectivity index (χ1v) is 11.5. The Morgan fingerprint density at radius 1 is 1.27 bits per heavy atom. The van der Waals surface area contributed by atoms with E-state index in [1.54, 1.807) is 13.0 Å². The average Bonchev–Trinajstić information content (AvgIpc) is 3.27. The van der Waals surface area contributed by atoms with Crippen LogP contribution in [0.1, 0.15) is 63.6 Å². The molecule has 6 heteroatoms. The number of nitrogens with zero attached hydrogens (tertiary/aromatic N) is 2. The van der Waals surface area contributed by atoms with Crippen molar-refractivity contribution in [1.82, 2.24) is 15.2 Å². The first-order valence-electron chi connectivity index (χ1n) is 10.7. The van der Waals surface area contributed by atoms with Gasteiger partial charge in [-0.05, 0) is 84.2 Å². The minimum Gasteiger partial charge on any atom is -0.351 e. The monoisotopic (exact) mass is 431 g/mol. The van der Waals surface area contributed by atoms with Crippen molar-refractivity contribution < 1.29 is 9.18 Å². The van der Waals surface area contributed by atoms with Gasteiger partial charge in [-0.3, -0.25) is 14.7 Å². The first-order chi connectivity index (χ1) is 13.9. The van der Waals surface area contributed by atoms with Crippen LogP contribution in [0.2, 0.25) is 0 Å². The predicted octanol–water partition coefficient (Wildman–Crippen LogP) is 5.07. The molecule has 1 aliphatic rings. The van der Waals surface area contributed by atoms with E-state index in [0.717, 1.165) is 42.9 Å². The van der Waals surface area contributed by atoms with E-state index < -0.39 is 0 Å². The summed E-state index contributed by atoms with van der Waals surface area (Å²) in [4.78, 5) is 20.1. The van der Waals surface area contributed by atoms with Crippen LogP contribution in [0.4, 0.5) is 4.39 Å².